The number of aromatic nitrogens is 1. The Hall–Kier alpha value is -1.31. The number of hydrogen-bond acceptors (Lipinski definition) is 2. The Morgan fingerprint density at radius 3 is 2.25 bits per heavy atom. The van der Waals surface area contributed by atoms with Gasteiger partial charge >= 0.3 is 6.18 Å². The molecule has 0 aliphatic rings. The maximum absolute atomic E-state index is 12.9. The monoisotopic (exact) mass is 245 g/mol. The second kappa shape index (κ2) is 4.28. The molecule has 1 rings (SSSR count). The smallest absolute Gasteiger partial charge is 0.390 e. The zero-order valence-corrected chi connectivity index (χ0v) is 7.52. The highest BCUT2D eigenvalue weighted by molar-refractivity contribution is 5.28. The molecule has 0 spiro atoms. The first-order valence-electron chi connectivity index (χ1n) is 3.93. The van der Waals surface area contributed by atoms with Crippen molar-refractivity contribution in [2.45, 2.75) is 19.2 Å². The zero-order valence-electron chi connectivity index (χ0n) is 7.52. The third-order valence-corrected chi connectivity index (χ3v) is 1.71. The minimum absolute atomic E-state index is 0.344. The maximum Gasteiger partial charge on any atom is 0.433 e. The van der Waals surface area contributed by atoms with Crippen LogP contribution in [0.25, 0.3) is 0 Å². The third-order valence-electron chi connectivity index (χ3n) is 1.71. The summed E-state index contributed by atoms with van der Waals surface area (Å²) in [7, 11) is 0. The highest BCUT2D eigenvalue weighted by Gasteiger charge is 2.39. The summed E-state index contributed by atoms with van der Waals surface area (Å²) in [6.45, 7) is -0.969. The van der Waals surface area contributed by atoms with E-state index in [1.165, 1.54) is 0 Å². The highest BCUT2D eigenvalue weighted by atomic mass is 19.4. The molecule has 90 valence electrons. The summed E-state index contributed by atoms with van der Waals surface area (Å²) in [5.74, 6) is -1.73. The molecule has 0 radical (unpaired) electrons. The van der Waals surface area contributed by atoms with Gasteiger partial charge in [0.1, 0.15) is 5.82 Å². The van der Waals surface area contributed by atoms with Crippen LogP contribution in [0.2, 0.25) is 0 Å². The van der Waals surface area contributed by atoms with Crippen molar-refractivity contribution in [1.29, 1.82) is 0 Å². The van der Waals surface area contributed by atoms with Crippen molar-refractivity contribution in [3.63, 3.8) is 0 Å². The Labute approximate surface area is 85.5 Å². The van der Waals surface area contributed by atoms with Gasteiger partial charge < -0.3 is 5.11 Å². The number of alkyl halides is 5. The van der Waals surface area contributed by atoms with E-state index < -0.39 is 42.0 Å². The molecule has 0 aliphatic carbocycles. The van der Waals surface area contributed by atoms with Crippen molar-refractivity contribution in [2.75, 3.05) is 0 Å². The lowest BCUT2D eigenvalue weighted by atomic mass is 10.1. The fourth-order valence-electron chi connectivity index (χ4n) is 1.08. The predicted octanol–water partition coefficient (Wildman–Crippen LogP) is 2.67. The molecule has 0 saturated heterocycles. The van der Waals surface area contributed by atoms with Gasteiger partial charge in [-0.2, -0.15) is 13.2 Å². The molecule has 0 aliphatic heterocycles. The minimum atomic E-state index is -5.20. The van der Waals surface area contributed by atoms with Gasteiger partial charge in [0.05, 0.1) is 17.9 Å². The van der Waals surface area contributed by atoms with E-state index in [2.05, 4.69) is 4.98 Å². The van der Waals surface area contributed by atoms with Gasteiger partial charge in [0, 0.05) is 0 Å². The van der Waals surface area contributed by atoms with Gasteiger partial charge in [0.25, 0.3) is 6.43 Å². The van der Waals surface area contributed by atoms with E-state index in [4.69, 9.17) is 5.11 Å². The lowest BCUT2D eigenvalue weighted by Gasteiger charge is -2.13. The normalized spacial score (nSPS) is 12.2. The average molecular weight is 245 g/mol. The molecule has 0 amide bonds. The van der Waals surface area contributed by atoms with Gasteiger partial charge in [0.2, 0.25) is 0 Å². The molecular formula is C8H5F6NO. The lowest BCUT2D eigenvalue weighted by molar-refractivity contribution is -0.143. The molecule has 8 heteroatoms. The molecule has 1 aromatic heterocycles. The summed E-state index contributed by atoms with van der Waals surface area (Å²) in [6, 6.07) is 0.344. The predicted molar refractivity (Wildman–Crippen MR) is 40.1 cm³/mol. The van der Waals surface area contributed by atoms with Crippen LogP contribution in [0, 0.1) is 5.82 Å². The van der Waals surface area contributed by atoms with Crippen molar-refractivity contribution in [3.8, 4) is 0 Å². The van der Waals surface area contributed by atoms with E-state index in [1.54, 1.807) is 0 Å². The molecule has 0 saturated carbocycles. The van der Waals surface area contributed by atoms with Crippen LogP contribution < -0.4 is 0 Å². The largest absolute Gasteiger partial charge is 0.433 e. The molecule has 1 aromatic rings. The van der Waals surface area contributed by atoms with Crippen LogP contribution in [0.5, 0.6) is 0 Å². The molecular weight excluding hydrogens is 240 g/mol. The lowest BCUT2D eigenvalue weighted by Crippen LogP contribution is -2.15. The zero-order chi connectivity index (χ0) is 12.5. The third kappa shape index (κ3) is 2.43. The van der Waals surface area contributed by atoms with Gasteiger partial charge in [-0.25, -0.2) is 18.2 Å². The quantitative estimate of drug-likeness (QED) is 0.812. The van der Waals surface area contributed by atoms with Crippen LogP contribution in [0.15, 0.2) is 6.07 Å². The Bertz CT molecular complexity index is 389. The summed E-state index contributed by atoms with van der Waals surface area (Å²) in [6.07, 6.45) is -8.82. The second-order valence-electron chi connectivity index (χ2n) is 2.81. The van der Waals surface area contributed by atoms with Gasteiger partial charge in [-0.15, -0.1) is 0 Å². The standard InChI is InChI=1S/C8H5F6NO/c9-4-1-3(2-16)15-6(8(12,13)14)5(4)7(10)11/h1,7,16H,2H2. The van der Waals surface area contributed by atoms with Crippen LogP contribution >= 0.6 is 0 Å². The van der Waals surface area contributed by atoms with Crippen LogP contribution in [-0.4, -0.2) is 10.1 Å². The van der Waals surface area contributed by atoms with Crippen LogP contribution in [-0.2, 0) is 12.8 Å². The molecule has 0 bridgehead atoms. The van der Waals surface area contributed by atoms with Crippen molar-refractivity contribution in [2.24, 2.45) is 0 Å². The van der Waals surface area contributed by atoms with E-state index in [9.17, 15) is 26.3 Å². The Morgan fingerprint density at radius 2 is 1.88 bits per heavy atom. The SMILES string of the molecule is OCc1cc(F)c(C(F)F)c(C(F)(F)F)n1. The summed E-state index contributed by atoms with van der Waals surface area (Å²) >= 11 is 0. The number of rotatable bonds is 2. The average Bonchev–Trinajstić information content (AvgIpc) is 2.14. The molecule has 2 nitrogen and oxygen atoms in total. The van der Waals surface area contributed by atoms with E-state index in [0.717, 1.165) is 0 Å². The van der Waals surface area contributed by atoms with Crippen molar-refractivity contribution in [1.82, 2.24) is 4.98 Å². The van der Waals surface area contributed by atoms with E-state index in [-0.39, 0.29) is 0 Å². The Morgan fingerprint density at radius 1 is 1.31 bits per heavy atom. The summed E-state index contributed by atoms with van der Waals surface area (Å²) in [5, 5.41) is 8.50. The summed E-state index contributed by atoms with van der Waals surface area (Å²) in [4.78, 5) is 2.75. The van der Waals surface area contributed by atoms with Crippen molar-refractivity contribution < 1.29 is 31.4 Å². The van der Waals surface area contributed by atoms with E-state index in [1.807, 2.05) is 0 Å². The van der Waals surface area contributed by atoms with Crippen molar-refractivity contribution in [3.05, 3.63) is 28.8 Å². The fraction of sp³-hybridized carbons (Fsp3) is 0.375. The van der Waals surface area contributed by atoms with Crippen molar-refractivity contribution >= 4 is 0 Å². The first-order chi connectivity index (χ1) is 7.27. The number of pyridine rings is 1. The van der Waals surface area contributed by atoms with Gasteiger partial charge in [-0.3, -0.25) is 0 Å². The molecule has 1 N–H and O–H groups in total. The van der Waals surface area contributed by atoms with Gasteiger partial charge in [-0.05, 0) is 6.07 Å². The first kappa shape index (κ1) is 12.8. The van der Waals surface area contributed by atoms with Gasteiger partial charge in [-0.1, -0.05) is 0 Å². The van der Waals surface area contributed by atoms with Crippen LogP contribution in [0.4, 0.5) is 26.3 Å². The number of hydrogen-bond donors (Lipinski definition) is 1. The minimum Gasteiger partial charge on any atom is -0.390 e. The number of nitrogens with zero attached hydrogens (tertiary/aromatic N) is 1. The molecule has 16 heavy (non-hydrogen) atoms. The Kier molecular flexibility index (Phi) is 3.41. The molecule has 0 unspecified atom stereocenters. The van der Waals surface area contributed by atoms with Gasteiger partial charge in [0.15, 0.2) is 5.69 Å². The van der Waals surface area contributed by atoms with E-state index >= 15 is 0 Å². The fourth-order valence-corrected chi connectivity index (χ4v) is 1.08. The second-order valence-corrected chi connectivity index (χ2v) is 2.81. The summed E-state index contributed by atoms with van der Waals surface area (Å²) in [5.41, 5.74) is -4.47. The topological polar surface area (TPSA) is 33.1 Å². The maximum atomic E-state index is 12.9. The van der Waals surface area contributed by atoms with Crippen LogP contribution in [0.1, 0.15) is 23.4 Å². The number of aliphatic hydroxyl groups excluding tert-OH is 1. The summed E-state index contributed by atoms with van der Waals surface area (Å²) < 4.78 is 74.2. The highest BCUT2D eigenvalue weighted by Crippen LogP contribution is 2.36. The molecule has 0 atom stereocenters. The Balaban J connectivity index is 3.47. The van der Waals surface area contributed by atoms with E-state index in [0.29, 0.717) is 6.07 Å². The molecule has 0 aromatic carbocycles. The number of aliphatic hydroxyl groups is 1. The molecule has 0 fully saturated rings. The first-order valence-corrected chi connectivity index (χ1v) is 3.93. The van der Waals surface area contributed by atoms with Crippen LogP contribution in [0.3, 0.4) is 0 Å². The number of halogens is 6. The molecule has 1 heterocycles.